The summed E-state index contributed by atoms with van der Waals surface area (Å²) in [6, 6.07) is 6.09. The van der Waals surface area contributed by atoms with Crippen molar-refractivity contribution in [3.05, 3.63) is 29.8 Å². The third-order valence-electron chi connectivity index (χ3n) is 3.31. The SMILES string of the molecule is CNC(=O)c1cccc(S(=O)(=O)NC2CCCC2)c1. The summed E-state index contributed by atoms with van der Waals surface area (Å²) in [5.41, 5.74) is 0.344. The molecule has 0 atom stereocenters. The van der Waals surface area contributed by atoms with Crippen molar-refractivity contribution < 1.29 is 13.2 Å². The fourth-order valence-electron chi connectivity index (χ4n) is 2.28. The topological polar surface area (TPSA) is 75.3 Å². The quantitative estimate of drug-likeness (QED) is 0.873. The van der Waals surface area contributed by atoms with Gasteiger partial charge in [0.2, 0.25) is 10.0 Å². The van der Waals surface area contributed by atoms with Crippen LogP contribution in [0.25, 0.3) is 0 Å². The molecular weight excluding hydrogens is 264 g/mol. The van der Waals surface area contributed by atoms with Crippen LogP contribution in [0.5, 0.6) is 0 Å². The Bertz CT molecular complexity index is 563. The Hall–Kier alpha value is -1.40. The van der Waals surface area contributed by atoms with Gasteiger partial charge in [0.1, 0.15) is 0 Å². The maximum absolute atomic E-state index is 12.2. The highest BCUT2D eigenvalue weighted by Crippen LogP contribution is 2.20. The lowest BCUT2D eigenvalue weighted by Gasteiger charge is -2.13. The number of carbonyl (C=O) groups excluding carboxylic acids is 1. The first-order valence-electron chi connectivity index (χ1n) is 6.37. The molecule has 104 valence electrons. The highest BCUT2D eigenvalue weighted by Gasteiger charge is 2.23. The molecule has 19 heavy (non-hydrogen) atoms. The van der Waals surface area contributed by atoms with Crippen molar-refractivity contribution in [2.24, 2.45) is 0 Å². The van der Waals surface area contributed by atoms with Gasteiger partial charge in [0, 0.05) is 18.7 Å². The van der Waals surface area contributed by atoms with E-state index in [0.29, 0.717) is 5.56 Å². The van der Waals surface area contributed by atoms with E-state index in [1.165, 1.54) is 19.2 Å². The molecule has 0 bridgehead atoms. The molecule has 1 saturated carbocycles. The number of benzene rings is 1. The summed E-state index contributed by atoms with van der Waals surface area (Å²) < 4.78 is 27.1. The average molecular weight is 282 g/mol. The Labute approximate surface area is 113 Å². The van der Waals surface area contributed by atoms with Crippen molar-refractivity contribution >= 4 is 15.9 Å². The van der Waals surface area contributed by atoms with Gasteiger partial charge in [0.05, 0.1) is 4.90 Å². The van der Waals surface area contributed by atoms with Crippen LogP contribution < -0.4 is 10.0 Å². The monoisotopic (exact) mass is 282 g/mol. The molecule has 0 spiro atoms. The number of hydrogen-bond acceptors (Lipinski definition) is 3. The lowest BCUT2D eigenvalue weighted by atomic mass is 10.2. The Morgan fingerprint density at radius 1 is 1.26 bits per heavy atom. The van der Waals surface area contributed by atoms with E-state index in [1.54, 1.807) is 12.1 Å². The summed E-state index contributed by atoms with van der Waals surface area (Å²) in [5, 5.41) is 2.48. The summed E-state index contributed by atoms with van der Waals surface area (Å²) in [6.45, 7) is 0. The largest absolute Gasteiger partial charge is 0.355 e. The summed E-state index contributed by atoms with van der Waals surface area (Å²) >= 11 is 0. The standard InChI is InChI=1S/C13H18N2O3S/c1-14-13(16)10-5-4-8-12(9-10)19(17,18)15-11-6-2-3-7-11/h4-5,8-9,11,15H,2-3,6-7H2,1H3,(H,14,16). The Balaban J connectivity index is 2.22. The maximum Gasteiger partial charge on any atom is 0.251 e. The minimum Gasteiger partial charge on any atom is -0.355 e. The van der Waals surface area contributed by atoms with Crippen LogP contribution in [0.3, 0.4) is 0 Å². The van der Waals surface area contributed by atoms with Crippen LogP contribution >= 0.6 is 0 Å². The van der Waals surface area contributed by atoms with Crippen molar-refractivity contribution in [2.45, 2.75) is 36.6 Å². The van der Waals surface area contributed by atoms with Gasteiger partial charge in [-0.05, 0) is 31.0 Å². The number of carbonyl (C=O) groups is 1. The lowest BCUT2D eigenvalue weighted by Crippen LogP contribution is -2.32. The van der Waals surface area contributed by atoms with Gasteiger partial charge in [-0.1, -0.05) is 18.9 Å². The van der Waals surface area contributed by atoms with Crippen LogP contribution in [0.1, 0.15) is 36.0 Å². The highest BCUT2D eigenvalue weighted by molar-refractivity contribution is 7.89. The van der Waals surface area contributed by atoms with Crippen LogP contribution in [0.15, 0.2) is 29.2 Å². The summed E-state index contributed by atoms with van der Waals surface area (Å²) in [7, 11) is -2.02. The number of nitrogens with one attached hydrogen (secondary N) is 2. The maximum atomic E-state index is 12.2. The predicted molar refractivity (Wildman–Crippen MR) is 72.4 cm³/mol. The average Bonchev–Trinajstić information content (AvgIpc) is 2.90. The lowest BCUT2D eigenvalue weighted by molar-refractivity contribution is 0.0963. The third-order valence-corrected chi connectivity index (χ3v) is 4.83. The molecule has 6 heteroatoms. The van der Waals surface area contributed by atoms with E-state index >= 15 is 0 Å². The molecular formula is C13H18N2O3S. The number of amides is 1. The van der Waals surface area contributed by atoms with E-state index in [1.807, 2.05) is 0 Å². The molecule has 1 fully saturated rings. The Morgan fingerprint density at radius 3 is 2.58 bits per heavy atom. The zero-order valence-corrected chi connectivity index (χ0v) is 11.7. The second-order valence-electron chi connectivity index (χ2n) is 4.71. The van der Waals surface area contributed by atoms with E-state index in [-0.39, 0.29) is 16.8 Å². The molecule has 0 radical (unpaired) electrons. The third kappa shape index (κ3) is 3.33. The van der Waals surface area contributed by atoms with Crippen molar-refractivity contribution in [3.8, 4) is 0 Å². The summed E-state index contributed by atoms with van der Waals surface area (Å²) in [6.07, 6.45) is 3.89. The van der Waals surface area contributed by atoms with Crippen molar-refractivity contribution in [3.63, 3.8) is 0 Å². The van der Waals surface area contributed by atoms with Crippen LogP contribution in [-0.2, 0) is 10.0 Å². The summed E-state index contributed by atoms with van der Waals surface area (Å²) in [4.78, 5) is 11.7. The molecule has 0 unspecified atom stereocenters. The molecule has 1 aromatic carbocycles. The number of rotatable bonds is 4. The second kappa shape index (κ2) is 5.71. The van der Waals surface area contributed by atoms with Crippen LogP contribution in [0.4, 0.5) is 0 Å². The van der Waals surface area contributed by atoms with Gasteiger partial charge in [0.25, 0.3) is 5.91 Å². The van der Waals surface area contributed by atoms with Crippen molar-refractivity contribution in [1.82, 2.24) is 10.0 Å². The molecule has 0 aromatic heterocycles. The molecule has 5 nitrogen and oxygen atoms in total. The fourth-order valence-corrected chi connectivity index (χ4v) is 3.63. The Kier molecular flexibility index (Phi) is 4.21. The normalized spacial score (nSPS) is 16.5. The molecule has 1 aromatic rings. The zero-order chi connectivity index (χ0) is 13.9. The minimum atomic E-state index is -3.54. The molecule has 0 heterocycles. The van der Waals surface area contributed by atoms with E-state index in [2.05, 4.69) is 10.0 Å². The van der Waals surface area contributed by atoms with Crippen LogP contribution in [0.2, 0.25) is 0 Å². The molecule has 1 aliphatic carbocycles. The van der Waals surface area contributed by atoms with Gasteiger partial charge in [-0.15, -0.1) is 0 Å². The van der Waals surface area contributed by atoms with Gasteiger partial charge >= 0.3 is 0 Å². The van der Waals surface area contributed by atoms with E-state index < -0.39 is 10.0 Å². The van der Waals surface area contributed by atoms with Crippen molar-refractivity contribution in [1.29, 1.82) is 0 Å². The van der Waals surface area contributed by atoms with Crippen LogP contribution in [0, 0.1) is 0 Å². The highest BCUT2D eigenvalue weighted by atomic mass is 32.2. The Morgan fingerprint density at radius 2 is 1.95 bits per heavy atom. The van der Waals surface area contributed by atoms with Crippen molar-refractivity contribution in [2.75, 3.05) is 7.05 Å². The fraction of sp³-hybridized carbons (Fsp3) is 0.462. The predicted octanol–water partition coefficient (Wildman–Crippen LogP) is 1.27. The molecule has 0 saturated heterocycles. The zero-order valence-electron chi connectivity index (χ0n) is 10.8. The van der Waals surface area contributed by atoms with Gasteiger partial charge < -0.3 is 5.32 Å². The number of sulfonamides is 1. The van der Waals surface area contributed by atoms with Gasteiger partial charge in [-0.2, -0.15) is 0 Å². The van der Waals surface area contributed by atoms with E-state index in [4.69, 9.17) is 0 Å². The molecule has 0 aliphatic heterocycles. The van der Waals surface area contributed by atoms with Gasteiger partial charge in [0.15, 0.2) is 0 Å². The first-order valence-corrected chi connectivity index (χ1v) is 7.86. The number of hydrogen-bond donors (Lipinski definition) is 2. The first kappa shape index (κ1) is 14.0. The second-order valence-corrected chi connectivity index (χ2v) is 6.42. The first-order chi connectivity index (χ1) is 9.03. The summed E-state index contributed by atoms with van der Waals surface area (Å²) in [5.74, 6) is -0.294. The van der Waals surface area contributed by atoms with E-state index in [0.717, 1.165) is 25.7 Å². The molecule has 1 amide bonds. The smallest absolute Gasteiger partial charge is 0.251 e. The molecule has 2 N–H and O–H groups in total. The molecule has 1 aliphatic rings. The molecule has 2 rings (SSSR count). The van der Waals surface area contributed by atoms with E-state index in [9.17, 15) is 13.2 Å². The van der Waals surface area contributed by atoms with Crippen LogP contribution in [-0.4, -0.2) is 27.4 Å². The van der Waals surface area contributed by atoms with Gasteiger partial charge in [-0.25, -0.2) is 13.1 Å². The minimum absolute atomic E-state index is 0.0219. The van der Waals surface area contributed by atoms with Gasteiger partial charge in [-0.3, -0.25) is 4.79 Å².